The van der Waals surface area contributed by atoms with Crippen LogP contribution in [0.25, 0.3) is 39.3 Å². The van der Waals surface area contributed by atoms with E-state index >= 15 is 0 Å². The molecule has 0 saturated carbocycles. The molecule has 5 heteroatoms. The number of fused-ring (bicyclic) bond motifs is 3. The van der Waals surface area contributed by atoms with Crippen LogP contribution in [0.15, 0.2) is 72.8 Å². The Labute approximate surface area is 156 Å². The molecule has 2 N–H and O–H groups in total. The largest absolute Gasteiger partial charge is 0.399 e. The van der Waals surface area contributed by atoms with Crippen molar-refractivity contribution in [3.8, 4) is 22.6 Å². The number of nitrogens with zero attached hydrogens (tertiary/aromatic N) is 4. The van der Waals surface area contributed by atoms with Gasteiger partial charge in [0.1, 0.15) is 5.69 Å². The van der Waals surface area contributed by atoms with Crippen LogP contribution in [0.5, 0.6) is 0 Å². The van der Waals surface area contributed by atoms with E-state index in [1.807, 2.05) is 60.7 Å². The zero-order chi connectivity index (χ0) is 18.4. The number of anilines is 1. The monoisotopic (exact) mass is 351 g/mol. The van der Waals surface area contributed by atoms with Crippen LogP contribution in [0.3, 0.4) is 0 Å². The van der Waals surface area contributed by atoms with Crippen LogP contribution in [0.2, 0.25) is 0 Å². The zero-order valence-electron chi connectivity index (χ0n) is 14.8. The normalized spacial score (nSPS) is 11.3. The smallest absolute Gasteiger partial charge is 0.188 e. The van der Waals surface area contributed by atoms with Crippen LogP contribution >= 0.6 is 0 Å². The van der Waals surface area contributed by atoms with Crippen LogP contribution in [0.1, 0.15) is 5.56 Å². The molecule has 0 aliphatic carbocycles. The summed E-state index contributed by atoms with van der Waals surface area (Å²) in [6, 6.07) is 24.0. The molecule has 5 rings (SSSR count). The average Bonchev–Trinajstić information content (AvgIpc) is 3.14. The van der Waals surface area contributed by atoms with E-state index in [0.29, 0.717) is 0 Å². The number of aryl methyl sites for hydroxylation is 1. The van der Waals surface area contributed by atoms with Crippen molar-refractivity contribution in [3.63, 3.8) is 0 Å². The molecular weight excluding hydrogens is 334 g/mol. The quantitative estimate of drug-likeness (QED) is 0.475. The Morgan fingerprint density at radius 2 is 1.59 bits per heavy atom. The molecule has 0 atom stereocenters. The number of benzene rings is 3. The third-order valence-corrected chi connectivity index (χ3v) is 4.70. The second kappa shape index (κ2) is 5.92. The molecule has 0 amide bonds. The van der Waals surface area contributed by atoms with Crippen LogP contribution in [-0.4, -0.2) is 19.6 Å². The lowest BCUT2D eigenvalue weighted by atomic mass is 10.1. The van der Waals surface area contributed by atoms with Crippen LogP contribution < -0.4 is 5.73 Å². The molecule has 0 aliphatic rings. The Balaban J connectivity index is 1.91. The Morgan fingerprint density at radius 1 is 0.815 bits per heavy atom. The van der Waals surface area contributed by atoms with E-state index in [0.717, 1.165) is 50.6 Å². The minimum atomic E-state index is 0.722. The highest BCUT2D eigenvalue weighted by Crippen LogP contribution is 2.30. The molecule has 0 spiro atoms. The van der Waals surface area contributed by atoms with Crippen molar-refractivity contribution in [1.82, 2.24) is 19.6 Å². The summed E-state index contributed by atoms with van der Waals surface area (Å²) in [4.78, 5) is 4.89. The maximum Gasteiger partial charge on any atom is 0.188 e. The summed E-state index contributed by atoms with van der Waals surface area (Å²) in [5.41, 5.74) is 13.2. The van der Waals surface area contributed by atoms with Gasteiger partial charge in [0.25, 0.3) is 0 Å². The number of nitrogens with two attached hydrogens (primary N) is 1. The van der Waals surface area contributed by atoms with Crippen molar-refractivity contribution in [1.29, 1.82) is 0 Å². The number of rotatable bonds is 2. The molecule has 5 aromatic rings. The van der Waals surface area contributed by atoms with Crippen molar-refractivity contribution in [3.05, 3.63) is 78.4 Å². The maximum absolute atomic E-state index is 5.85. The summed E-state index contributed by atoms with van der Waals surface area (Å²) in [7, 11) is 0. The Hall–Kier alpha value is -3.73. The second-order valence-corrected chi connectivity index (χ2v) is 6.62. The summed E-state index contributed by atoms with van der Waals surface area (Å²) in [5, 5.41) is 8.99. The third-order valence-electron chi connectivity index (χ3n) is 4.70. The number of nitrogen functional groups attached to an aromatic ring is 1. The molecule has 2 aromatic heterocycles. The summed E-state index contributed by atoms with van der Waals surface area (Å²) in [5.74, 6) is 0.778. The molecule has 2 heterocycles. The van der Waals surface area contributed by atoms with E-state index < -0.39 is 0 Å². The molecule has 27 heavy (non-hydrogen) atoms. The van der Waals surface area contributed by atoms with Gasteiger partial charge in [-0.05, 0) is 48.9 Å². The van der Waals surface area contributed by atoms with Crippen molar-refractivity contribution >= 4 is 22.4 Å². The molecule has 0 unspecified atom stereocenters. The lowest BCUT2D eigenvalue weighted by Crippen LogP contribution is -1.98. The minimum Gasteiger partial charge on any atom is -0.399 e. The van der Waals surface area contributed by atoms with Crippen LogP contribution in [-0.2, 0) is 0 Å². The first-order chi connectivity index (χ1) is 13.2. The number of hydrogen-bond donors (Lipinski definition) is 1. The van der Waals surface area contributed by atoms with Gasteiger partial charge in [-0.15, -0.1) is 10.2 Å². The SMILES string of the molecule is Cc1ccc2nc(-c3ccccc3)c3nnc(-c4ccc(N)cc4)n3c2c1. The van der Waals surface area contributed by atoms with Gasteiger partial charge >= 0.3 is 0 Å². The predicted molar refractivity (Wildman–Crippen MR) is 108 cm³/mol. The van der Waals surface area contributed by atoms with E-state index in [4.69, 9.17) is 10.7 Å². The van der Waals surface area contributed by atoms with Crippen LogP contribution in [0, 0.1) is 6.92 Å². The zero-order valence-corrected chi connectivity index (χ0v) is 14.8. The van der Waals surface area contributed by atoms with Crippen molar-refractivity contribution in [2.75, 3.05) is 5.73 Å². The van der Waals surface area contributed by atoms with Gasteiger partial charge in [0, 0.05) is 16.8 Å². The summed E-state index contributed by atoms with van der Waals surface area (Å²) in [6.45, 7) is 2.07. The predicted octanol–water partition coefficient (Wildman–Crippen LogP) is 4.50. The molecule has 3 aromatic carbocycles. The van der Waals surface area contributed by atoms with Gasteiger partial charge in [-0.1, -0.05) is 36.4 Å². The van der Waals surface area contributed by atoms with E-state index in [-0.39, 0.29) is 0 Å². The lowest BCUT2D eigenvalue weighted by Gasteiger charge is -2.10. The fraction of sp³-hybridized carbons (Fsp3) is 0.0455. The topological polar surface area (TPSA) is 69.1 Å². The van der Waals surface area contributed by atoms with Gasteiger partial charge in [-0.2, -0.15) is 0 Å². The Morgan fingerprint density at radius 3 is 2.37 bits per heavy atom. The molecule has 130 valence electrons. The van der Waals surface area contributed by atoms with E-state index in [1.165, 1.54) is 0 Å². The number of hydrogen-bond acceptors (Lipinski definition) is 4. The fourth-order valence-electron chi connectivity index (χ4n) is 3.35. The molecule has 5 nitrogen and oxygen atoms in total. The third kappa shape index (κ3) is 2.52. The number of aromatic nitrogens is 4. The van der Waals surface area contributed by atoms with E-state index in [9.17, 15) is 0 Å². The molecule has 0 aliphatic heterocycles. The highest BCUT2D eigenvalue weighted by atomic mass is 15.3. The van der Waals surface area contributed by atoms with Crippen molar-refractivity contribution in [2.45, 2.75) is 6.92 Å². The van der Waals surface area contributed by atoms with Gasteiger partial charge in [0.15, 0.2) is 11.5 Å². The molecule has 0 radical (unpaired) electrons. The highest BCUT2D eigenvalue weighted by molar-refractivity contribution is 5.88. The highest BCUT2D eigenvalue weighted by Gasteiger charge is 2.17. The average molecular weight is 351 g/mol. The van der Waals surface area contributed by atoms with Crippen molar-refractivity contribution in [2.24, 2.45) is 0 Å². The first-order valence-corrected chi connectivity index (χ1v) is 8.77. The van der Waals surface area contributed by atoms with Crippen molar-refractivity contribution < 1.29 is 0 Å². The van der Waals surface area contributed by atoms with E-state index in [2.05, 4.69) is 33.7 Å². The van der Waals surface area contributed by atoms with Gasteiger partial charge in [0.2, 0.25) is 0 Å². The Bertz CT molecular complexity index is 1270. The summed E-state index contributed by atoms with van der Waals surface area (Å²) >= 11 is 0. The van der Waals surface area contributed by atoms with Gasteiger partial charge in [0.05, 0.1) is 11.0 Å². The second-order valence-electron chi connectivity index (χ2n) is 6.62. The first kappa shape index (κ1) is 15.5. The Kier molecular flexibility index (Phi) is 3.40. The van der Waals surface area contributed by atoms with Gasteiger partial charge in [-0.3, -0.25) is 4.40 Å². The summed E-state index contributed by atoms with van der Waals surface area (Å²) < 4.78 is 2.09. The molecule has 0 bridgehead atoms. The first-order valence-electron chi connectivity index (χ1n) is 8.77. The molecular formula is C22H17N5. The maximum atomic E-state index is 5.85. The van der Waals surface area contributed by atoms with Gasteiger partial charge in [-0.25, -0.2) is 4.98 Å². The molecule has 0 saturated heterocycles. The van der Waals surface area contributed by atoms with E-state index in [1.54, 1.807) is 0 Å². The van der Waals surface area contributed by atoms with Gasteiger partial charge < -0.3 is 5.73 Å². The van der Waals surface area contributed by atoms with Crippen LogP contribution in [0.4, 0.5) is 5.69 Å². The minimum absolute atomic E-state index is 0.722. The standard InChI is InChI=1S/C22H17N5/c1-14-7-12-18-19(13-14)27-21(16-8-10-17(23)11-9-16)25-26-22(27)20(24-18)15-5-3-2-4-6-15/h2-13H,23H2,1H3. The summed E-state index contributed by atoms with van der Waals surface area (Å²) in [6.07, 6.45) is 0. The molecule has 0 fully saturated rings. The lowest BCUT2D eigenvalue weighted by molar-refractivity contribution is 1.12. The fourth-order valence-corrected chi connectivity index (χ4v) is 3.35.